The maximum atomic E-state index is 14.2. The Morgan fingerprint density at radius 3 is 0.907 bits per heavy atom. The molecular formula is C88H84Br3F6N5O16. The molecule has 18 rings (SSSR count). The zero-order chi connectivity index (χ0) is 83.9. The van der Waals surface area contributed by atoms with Crippen LogP contribution in [0, 0.1) is 17.8 Å². The van der Waals surface area contributed by atoms with Crippen molar-refractivity contribution in [1.29, 1.82) is 0 Å². The lowest BCUT2D eigenvalue weighted by Gasteiger charge is -2.41. The summed E-state index contributed by atoms with van der Waals surface area (Å²) in [5.41, 5.74) is -7.33. The van der Waals surface area contributed by atoms with Gasteiger partial charge in [-0.2, -0.15) is 0 Å². The summed E-state index contributed by atoms with van der Waals surface area (Å²) in [6, 6.07) is 48.5. The lowest BCUT2D eigenvalue weighted by molar-refractivity contribution is -0.159. The second-order valence-corrected chi connectivity index (χ2v) is 33.9. The van der Waals surface area contributed by atoms with E-state index in [1.54, 1.807) is 97.1 Å². The van der Waals surface area contributed by atoms with Gasteiger partial charge in [-0.05, 0) is 82.6 Å². The number of carboxylic acid groups (broad SMARTS) is 1. The minimum atomic E-state index is -2.85. The number of pyridine rings is 3. The van der Waals surface area contributed by atoms with Crippen LogP contribution in [0.4, 0.5) is 26.3 Å². The van der Waals surface area contributed by atoms with Gasteiger partial charge in [-0.15, -0.1) is 0 Å². The van der Waals surface area contributed by atoms with Gasteiger partial charge < -0.3 is 74.0 Å². The lowest BCUT2D eigenvalue weighted by Crippen LogP contribution is -2.52. The predicted molar refractivity (Wildman–Crippen MR) is 427 cm³/mol. The van der Waals surface area contributed by atoms with Crippen LogP contribution in [-0.4, -0.2) is 162 Å². The van der Waals surface area contributed by atoms with Gasteiger partial charge in [0, 0.05) is 95.9 Å². The Kier molecular flexibility index (Phi) is 22.8. The van der Waals surface area contributed by atoms with Crippen molar-refractivity contribution in [1.82, 2.24) is 24.8 Å². The molecule has 118 heavy (non-hydrogen) atoms. The van der Waals surface area contributed by atoms with Crippen LogP contribution < -0.4 is 28.4 Å². The van der Waals surface area contributed by atoms with E-state index in [-0.39, 0.29) is 90.2 Å². The van der Waals surface area contributed by atoms with Gasteiger partial charge in [-0.3, -0.25) is 29.3 Å². The first-order chi connectivity index (χ1) is 56.3. The van der Waals surface area contributed by atoms with Crippen LogP contribution in [0.25, 0.3) is 0 Å². The standard InChI is InChI=1S/2C29H27BrF2N2O5.C24H20BrNO6.C6H10F2/c2*1-38-20-15-33-16-21-24(20)28(37)25(35)22(26(36)34-13-11-27(31,32)12-14-34)23(17-5-3-2-4-6-17)29(28,39-21)18-7-9-19(30)10-8-18;1-31-16-11-26-12-17-20(16)23(30)21(27)18(22(28)29)19(13-5-3-2-4-6-13)24(23,32-17)14-7-9-15(25)10-8-14;7-6(8)4-2-1-3-5-6/h2*2-10,15-16,22-23,25,35,37H,11-14H2,1H3;2-12,18-19,21,27,30H,1H3,(H,28,29);1-5H2/t2*22-,23-,25-,28+,29+;18-,19-,21-,23+,24+;/m111./s1. The number of aliphatic carboxylic acids is 1. The number of hydrogen-bond acceptors (Lipinski definition) is 18. The molecule has 4 saturated carbocycles. The summed E-state index contributed by atoms with van der Waals surface area (Å²) >= 11 is 10.3. The van der Waals surface area contributed by atoms with Gasteiger partial charge in [-0.1, -0.05) is 182 Å². The number of alkyl halides is 6. The monoisotopic (exact) mass is 1820 g/mol. The van der Waals surface area contributed by atoms with E-state index in [0.717, 1.165) is 19.8 Å². The molecule has 9 aliphatic rings. The molecule has 6 aromatic carbocycles. The number of carbonyl (C=O) groups excluding carboxylic acids is 2. The van der Waals surface area contributed by atoms with Gasteiger partial charge in [0.2, 0.25) is 17.7 Å². The van der Waals surface area contributed by atoms with Crippen LogP contribution in [0.2, 0.25) is 0 Å². The number of halogens is 9. The first kappa shape index (κ1) is 83.8. The number of carbonyl (C=O) groups is 3. The molecule has 0 bridgehead atoms. The molecule has 15 atom stereocenters. The van der Waals surface area contributed by atoms with E-state index in [2.05, 4.69) is 62.7 Å². The number of aliphatic hydroxyl groups excluding tert-OH is 3. The van der Waals surface area contributed by atoms with Crippen molar-refractivity contribution in [3.05, 3.63) is 264 Å². The number of aromatic nitrogens is 3. The first-order valence-corrected chi connectivity index (χ1v) is 40.9. The fraction of sp³-hybridized carbons (Fsp3) is 0.386. The van der Waals surface area contributed by atoms with E-state index >= 15 is 0 Å². The van der Waals surface area contributed by atoms with Crippen LogP contribution >= 0.6 is 47.8 Å². The summed E-state index contributed by atoms with van der Waals surface area (Å²) in [5, 5.41) is 83.7. The second kappa shape index (κ2) is 32.0. The lowest BCUT2D eigenvalue weighted by atomic mass is 9.70. The molecular weight excluding hydrogens is 1740 g/mol. The Morgan fingerprint density at radius 2 is 0.653 bits per heavy atom. The summed E-state index contributed by atoms with van der Waals surface area (Å²) in [6.45, 7) is -0.591. The van der Waals surface area contributed by atoms with E-state index in [9.17, 15) is 76.5 Å². The van der Waals surface area contributed by atoms with Crippen LogP contribution in [-0.2, 0) is 48.0 Å². The maximum absolute atomic E-state index is 14.2. The molecule has 5 aliphatic heterocycles. The number of aliphatic hydroxyl groups is 6. The van der Waals surface area contributed by atoms with Crippen molar-refractivity contribution >= 4 is 65.6 Å². The molecule has 620 valence electrons. The number of hydrogen-bond donors (Lipinski definition) is 7. The van der Waals surface area contributed by atoms with Crippen molar-refractivity contribution < 1.29 is 105 Å². The molecule has 21 nitrogen and oxygen atoms in total. The van der Waals surface area contributed by atoms with Crippen molar-refractivity contribution in [2.24, 2.45) is 17.8 Å². The van der Waals surface area contributed by atoms with Gasteiger partial charge in [0.25, 0.3) is 11.8 Å². The van der Waals surface area contributed by atoms with Gasteiger partial charge >= 0.3 is 5.97 Å². The molecule has 30 heteroatoms. The number of nitrogens with zero attached hydrogens (tertiary/aromatic N) is 5. The van der Waals surface area contributed by atoms with Crippen LogP contribution in [0.5, 0.6) is 34.5 Å². The third-order valence-corrected chi connectivity index (χ3v) is 26.6. The van der Waals surface area contributed by atoms with Gasteiger partial charge in [-0.25, -0.2) is 26.3 Å². The van der Waals surface area contributed by atoms with E-state index in [0.29, 0.717) is 46.2 Å². The van der Waals surface area contributed by atoms with Crippen molar-refractivity contribution in [2.45, 2.75) is 145 Å². The highest BCUT2D eigenvalue weighted by atomic mass is 79.9. The minimum Gasteiger partial charge on any atom is -0.495 e. The van der Waals surface area contributed by atoms with E-state index in [1.165, 1.54) is 68.3 Å². The SMILES string of the molecule is COc1cncc2c1[C@]1(O)[C@H](O)[C@H](C(=O)N3CCC(F)(F)CC3)[C@@H](c3ccccc3)[C@]1(c1ccc(Br)cc1)O2.COc1cncc2c1[C@]1(O)[C@H](O)[C@H](C(=O)N3CCC(F)(F)CC3)[C@@H](c3ccccc3)[C@]1(c1ccc(Br)cc1)O2.COc1cncc2c1[C@]1(O)[C@H](O)[C@H](C(=O)O)[C@@H](c3ccccc3)[C@]1(c1ccc(Br)cc1)O2.FC1(F)CCCCC1. The zero-order valence-electron chi connectivity index (χ0n) is 63.9. The molecule has 0 spiro atoms. The molecule has 3 aromatic heterocycles. The molecule has 8 heterocycles. The first-order valence-electron chi connectivity index (χ1n) is 38.6. The Morgan fingerprint density at radius 1 is 0.390 bits per heavy atom. The number of methoxy groups -OCH3 is 3. The number of benzene rings is 6. The van der Waals surface area contributed by atoms with Crippen LogP contribution in [0.15, 0.2) is 214 Å². The van der Waals surface area contributed by atoms with Gasteiger partial charge in [0.15, 0.2) is 33.6 Å². The summed E-state index contributed by atoms with van der Waals surface area (Å²) < 4.78 is 119. The predicted octanol–water partition coefficient (Wildman–Crippen LogP) is 14.5. The van der Waals surface area contributed by atoms with E-state index in [4.69, 9.17) is 28.4 Å². The number of likely N-dealkylation sites (tertiary alicyclic amines) is 2. The molecule has 6 fully saturated rings. The Balaban J connectivity index is 0.000000132. The van der Waals surface area contributed by atoms with Crippen molar-refractivity contribution in [3.63, 3.8) is 0 Å². The van der Waals surface area contributed by atoms with E-state index < -0.39 is 149 Å². The minimum absolute atomic E-state index is 0.118. The summed E-state index contributed by atoms with van der Waals surface area (Å²) in [5.74, 6) is -15.5. The summed E-state index contributed by atoms with van der Waals surface area (Å²) in [6.07, 6.45) is 4.40. The third-order valence-electron chi connectivity index (χ3n) is 25.0. The smallest absolute Gasteiger partial charge is 0.310 e. The molecule has 2 amide bonds. The fourth-order valence-corrected chi connectivity index (χ4v) is 20.5. The highest BCUT2D eigenvalue weighted by molar-refractivity contribution is 9.11. The Labute approximate surface area is 700 Å². The normalized spacial score (nSPS) is 30.5. The number of rotatable bonds is 12. The molecule has 2 saturated heterocycles. The summed E-state index contributed by atoms with van der Waals surface area (Å²) in [4.78, 5) is 56.1. The second-order valence-electron chi connectivity index (χ2n) is 31.2. The molecule has 0 radical (unpaired) electrons. The van der Waals surface area contributed by atoms with E-state index in [1.807, 2.05) is 66.7 Å². The van der Waals surface area contributed by atoms with Crippen LogP contribution in [0.3, 0.4) is 0 Å². The van der Waals surface area contributed by atoms with Crippen molar-refractivity contribution in [3.8, 4) is 34.5 Å². The highest BCUT2D eigenvalue weighted by Crippen LogP contribution is 2.74. The maximum Gasteiger partial charge on any atom is 0.310 e. The van der Waals surface area contributed by atoms with Crippen LogP contribution in [0.1, 0.15) is 126 Å². The topological polar surface area (TPSA) is 293 Å². The molecule has 9 aromatic rings. The zero-order valence-corrected chi connectivity index (χ0v) is 68.6. The number of piperidine rings is 2. The average molecular weight is 1820 g/mol. The number of ether oxygens (including phenoxy) is 6. The fourth-order valence-electron chi connectivity index (χ4n) is 19.7. The summed E-state index contributed by atoms with van der Waals surface area (Å²) in [7, 11) is 4.27. The number of amides is 2. The molecule has 7 N–H and O–H groups in total. The molecule has 4 aliphatic carbocycles. The van der Waals surface area contributed by atoms with Gasteiger partial charge in [0.1, 0.15) is 52.8 Å². The third kappa shape index (κ3) is 13.6. The Bertz CT molecular complexity index is 4960. The largest absolute Gasteiger partial charge is 0.495 e. The quantitative estimate of drug-likeness (QED) is 0.0559. The average Bonchev–Trinajstić information content (AvgIpc) is 1.51. The number of fused-ring (bicyclic) bond motifs is 9. The van der Waals surface area contributed by atoms with Crippen molar-refractivity contribution in [2.75, 3.05) is 47.5 Å². The Hall–Kier alpha value is -9.24. The number of carboxylic acids is 1. The highest BCUT2D eigenvalue weighted by Gasteiger charge is 2.82. The molecule has 0 unspecified atom stereocenters. The van der Waals surface area contributed by atoms with Gasteiger partial charge in [0.05, 0.1) is 93.0 Å².